The number of aromatic amines is 1. The largest absolute Gasteiger partial charge is 0.350 e. The fraction of sp³-hybridized carbons (Fsp3) is 0.722. The van der Waals surface area contributed by atoms with Crippen molar-refractivity contribution >= 4 is 17.7 Å². The molecule has 8 nitrogen and oxygen atoms in total. The molecule has 0 bridgehead atoms. The van der Waals surface area contributed by atoms with Crippen LogP contribution in [-0.2, 0) is 20.9 Å². The van der Waals surface area contributed by atoms with Gasteiger partial charge in [0.15, 0.2) is 0 Å². The molecular formula is C18H27N5O3. The van der Waals surface area contributed by atoms with Crippen LogP contribution >= 0.6 is 0 Å². The lowest BCUT2D eigenvalue weighted by Gasteiger charge is -2.30. The number of nitrogens with one attached hydrogen (secondary N) is 2. The van der Waals surface area contributed by atoms with E-state index < -0.39 is 0 Å². The van der Waals surface area contributed by atoms with Crippen molar-refractivity contribution in [2.24, 2.45) is 23.7 Å². The van der Waals surface area contributed by atoms with Gasteiger partial charge in [-0.25, -0.2) is 0 Å². The third-order valence-electron chi connectivity index (χ3n) is 5.65. The average Bonchev–Trinajstić information content (AvgIpc) is 3.24. The van der Waals surface area contributed by atoms with E-state index >= 15 is 0 Å². The van der Waals surface area contributed by atoms with Gasteiger partial charge in [-0.3, -0.25) is 19.3 Å². The molecule has 1 saturated carbocycles. The second-order valence-corrected chi connectivity index (χ2v) is 7.79. The number of H-pyrrole nitrogens is 1. The molecule has 2 fully saturated rings. The van der Waals surface area contributed by atoms with Gasteiger partial charge in [0, 0.05) is 24.8 Å². The van der Waals surface area contributed by atoms with Gasteiger partial charge in [-0.1, -0.05) is 13.8 Å². The summed E-state index contributed by atoms with van der Waals surface area (Å²) >= 11 is 0. The van der Waals surface area contributed by atoms with Crippen LogP contribution in [0.3, 0.4) is 0 Å². The van der Waals surface area contributed by atoms with Gasteiger partial charge in [0.05, 0.1) is 12.7 Å². The molecule has 2 heterocycles. The number of rotatable bonds is 6. The minimum Gasteiger partial charge on any atom is -0.350 e. The van der Waals surface area contributed by atoms with Crippen LogP contribution in [0.4, 0.5) is 0 Å². The predicted molar refractivity (Wildman–Crippen MR) is 93.3 cm³/mol. The molecule has 1 aliphatic heterocycles. The lowest BCUT2D eigenvalue weighted by atomic mass is 9.81. The zero-order chi connectivity index (χ0) is 18.7. The topological polar surface area (TPSA) is 108 Å². The SMILES string of the molecule is CC(C)C1CC(=O)N(CC2CCC(C(=O)NCc3cn[nH]n3)CC2)C1=O. The van der Waals surface area contributed by atoms with Crippen LogP contribution in [0.5, 0.6) is 0 Å². The Hall–Kier alpha value is -2.25. The van der Waals surface area contributed by atoms with Crippen LogP contribution in [0.25, 0.3) is 0 Å². The van der Waals surface area contributed by atoms with E-state index in [2.05, 4.69) is 20.7 Å². The van der Waals surface area contributed by atoms with Crippen LogP contribution < -0.4 is 5.32 Å². The molecule has 3 amide bonds. The summed E-state index contributed by atoms with van der Waals surface area (Å²) in [6, 6.07) is 0. The standard InChI is InChI=1S/C18H27N5O3/c1-11(2)15-7-16(24)23(18(15)26)10-12-3-5-13(6-4-12)17(25)19-8-14-9-20-22-21-14/h9,11-13,15H,3-8,10H2,1-2H3,(H,19,25)(H,20,21,22). The van der Waals surface area contributed by atoms with Gasteiger partial charge in [0.1, 0.15) is 5.69 Å². The minimum absolute atomic E-state index is 0.00783. The van der Waals surface area contributed by atoms with Crippen molar-refractivity contribution in [3.8, 4) is 0 Å². The van der Waals surface area contributed by atoms with Gasteiger partial charge in [-0.15, -0.1) is 0 Å². The summed E-state index contributed by atoms with van der Waals surface area (Å²) in [6.07, 6.45) is 5.25. The summed E-state index contributed by atoms with van der Waals surface area (Å²) in [7, 11) is 0. The van der Waals surface area contributed by atoms with Gasteiger partial charge in [0.25, 0.3) is 0 Å². The van der Waals surface area contributed by atoms with Crippen LogP contribution in [0.1, 0.15) is 51.6 Å². The molecule has 8 heteroatoms. The smallest absolute Gasteiger partial charge is 0.233 e. The number of hydrogen-bond acceptors (Lipinski definition) is 5. The Bertz CT molecular complexity index is 650. The number of carbonyl (C=O) groups is 3. The number of likely N-dealkylation sites (tertiary alicyclic amines) is 1. The summed E-state index contributed by atoms with van der Waals surface area (Å²) in [5, 5.41) is 13.0. The van der Waals surface area contributed by atoms with E-state index in [0.29, 0.717) is 31.1 Å². The molecule has 0 radical (unpaired) electrons. The molecular weight excluding hydrogens is 334 g/mol. The minimum atomic E-state index is -0.166. The van der Waals surface area contributed by atoms with Crippen LogP contribution in [0.15, 0.2) is 6.20 Å². The van der Waals surface area contributed by atoms with Crippen molar-refractivity contribution in [3.63, 3.8) is 0 Å². The fourth-order valence-corrected chi connectivity index (χ4v) is 3.92. The second kappa shape index (κ2) is 7.97. The molecule has 1 aromatic rings. The van der Waals surface area contributed by atoms with Gasteiger partial charge < -0.3 is 5.32 Å². The highest BCUT2D eigenvalue weighted by Gasteiger charge is 2.41. The summed E-state index contributed by atoms with van der Waals surface area (Å²) in [4.78, 5) is 38.3. The molecule has 0 aromatic carbocycles. The lowest BCUT2D eigenvalue weighted by Crippen LogP contribution is -2.38. The molecule has 1 aromatic heterocycles. The number of aromatic nitrogens is 3. The Kier molecular flexibility index (Phi) is 5.68. The monoisotopic (exact) mass is 361 g/mol. The van der Waals surface area contributed by atoms with Gasteiger partial charge in [-0.2, -0.15) is 15.4 Å². The maximum Gasteiger partial charge on any atom is 0.233 e. The summed E-state index contributed by atoms with van der Waals surface area (Å²) in [5.74, 6) is 0.306. The van der Waals surface area contributed by atoms with Crippen LogP contribution in [-0.4, -0.2) is 44.6 Å². The highest BCUT2D eigenvalue weighted by molar-refractivity contribution is 6.03. The van der Waals surface area contributed by atoms with Crippen molar-refractivity contribution in [3.05, 3.63) is 11.9 Å². The number of hydrogen-bond donors (Lipinski definition) is 2. The molecule has 3 rings (SSSR count). The first-order chi connectivity index (χ1) is 12.5. The normalized spacial score (nSPS) is 26.6. The summed E-state index contributed by atoms with van der Waals surface area (Å²) in [6.45, 7) is 4.86. The van der Waals surface area contributed by atoms with E-state index in [9.17, 15) is 14.4 Å². The van der Waals surface area contributed by atoms with Crippen molar-refractivity contribution < 1.29 is 14.4 Å². The Labute approximate surface area is 153 Å². The Balaban J connectivity index is 1.44. The van der Waals surface area contributed by atoms with Gasteiger partial charge in [0.2, 0.25) is 17.7 Å². The Morgan fingerprint density at radius 2 is 2.04 bits per heavy atom. The lowest BCUT2D eigenvalue weighted by molar-refractivity contribution is -0.141. The van der Waals surface area contributed by atoms with Crippen molar-refractivity contribution in [2.45, 2.75) is 52.5 Å². The van der Waals surface area contributed by atoms with E-state index in [0.717, 1.165) is 25.7 Å². The fourth-order valence-electron chi connectivity index (χ4n) is 3.92. The molecule has 1 saturated heterocycles. The molecule has 1 aliphatic carbocycles. The van der Waals surface area contributed by atoms with E-state index in [1.54, 1.807) is 6.20 Å². The predicted octanol–water partition coefficient (Wildman–Crippen LogP) is 1.26. The highest BCUT2D eigenvalue weighted by Crippen LogP contribution is 2.32. The maximum absolute atomic E-state index is 12.4. The van der Waals surface area contributed by atoms with E-state index in [1.807, 2.05) is 13.8 Å². The quantitative estimate of drug-likeness (QED) is 0.742. The van der Waals surface area contributed by atoms with Crippen LogP contribution in [0.2, 0.25) is 0 Å². The van der Waals surface area contributed by atoms with Crippen molar-refractivity contribution in [2.75, 3.05) is 6.54 Å². The zero-order valence-corrected chi connectivity index (χ0v) is 15.4. The van der Waals surface area contributed by atoms with Crippen molar-refractivity contribution in [1.29, 1.82) is 0 Å². The summed E-state index contributed by atoms with van der Waals surface area (Å²) < 4.78 is 0. The Morgan fingerprint density at radius 1 is 1.31 bits per heavy atom. The number of nitrogens with zero attached hydrogens (tertiary/aromatic N) is 3. The number of amides is 3. The van der Waals surface area contributed by atoms with E-state index in [-0.39, 0.29) is 35.5 Å². The van der Waals surface area contributed by atoms with Gasteiger partial charge >= 0.3 is 0 Å². The molecule has 0 spiro atoms. The molecule has 26 heavy (non-hydrogen) atoms. The van der Waals surface area contributed by atoms with Crippen LogP contribution in [0, 0.1) is 23.7 Å². The summed E-state index contributed by atoms with van der Waals surface area (Å²) in [5.41, 5.74) is 0.706. The third-order valence-corrected chi connectivity index (χ3v) is 5.65. The first-order valence-electron chi connectivity index (χ1n) is 9.42. The average molecular weight is 361 g/mol. The second-order valence-electron chi connectivity index (χ2n) is 7.79. The highest BCUT2D eigenvalue weighted by atomic mass is 16.2. The van der Waals surface area contributed by atoms with Gasteiger partial charge in [-0.05, 0) is 37.5 Å². The zero-order valence-electron chi connectivity index (χ0n) is 15.4. The molecule has 1 unspecified atom stereocenters. The van der Waals surface area contributed by atoms with Crippen molar-refractivity contribution in [1.82, 2.24) is 25.6 Å². The van der Waals surface area contributed by atoms with E-state index in [4.69, 9.17) is 0 Å². The first-order valence-corrected chi connectivity index (χ1v) is 9.42. The Morgan fingerprint density at radius 3 is 2.62 bits per heavy atom. The van der Waals surface area contributed by atoms with E-state index in [1.165, 1.54) is 4.90 Å². The first kappa shape index (κ1) is 18.5. The molecule has 142 valence electrons. The molecule has 2 aliphatic rings. The third kappa shape index (κ3) is 4.11. The number of imide groups is 1. The molecule has 2 N–H and O–H groups in total. The number of carbonyl (C=O) groups excluding carboxylic acids is 3. The molecule has 1 atom stereocenters. The maximum atomic E-state index is 12.4.